The predicted molar refractivity (Wildman–Crippen MR) is 91.1 cm³/mol. The Bertz CT molecular complexity index is 824. The zero-order valence-corrected chi connectivity index (χ0v) is 14.3. The van der Waals surface area contributed by atoms with Crippen molar-refractivity contribution in [3.05, 3.63) is 65.0 Å². The van der Waals surface area contributed by atoms with E-state index in [0.29, 0.717) is 25.2 Å². The van der Waals surface area contributed by atoms with E-state index in [-0.39, 0.29) is 17.5 Å². The highest BCUT2D eigenvalue weighted by Crippen LogP contribution is 2.32. The summed E-state index contributed by atoms with van der Waals surface area (Å²) in [4.78, 5) is 29.6. The molecular formula is C19H19F2N3O2. The topological polar surface area (TPSA) is 62.3 Å². The lowest BCUT2D eigenvalue weighted by Gasteiger charge is -2.24. The molecule has 0 unspecified atom stereocenters. The van der Waals surface area contributed by atoms with Gasteiger partial charge in [-0.3, -0.25) is 14.6 Å². The van der Waals surface area contributed by atoms with Crippen LogP contribution in [0.3, 0.4) is 0 Å². The summed E-state index contributed by atoms with van der Waals surface area (Å²) in [7, 11) is 0. The average molecular weight is 359 g/mol. The molecule has 0 radical (unpaired) electrons. The molecule has 0 aliphatic carbocycles. The summed E-state index contributed by atoms with van der Waals surface area (Å²) in [6.45, 7) is 2.29. The summed E-state index contributed by atoms with van der Waals surface area (Å²) in [6.07, 6.45) is 3.12. The molecule has 1 aliphatic heterocycles. The fourth-order valence-corrected chi connectivity index (χ4v) is 3.10. The lowest BCUT2D eigenvalue weighted by Crippen LogP contribution is -2.31. The van der Waals surface area contributed by atoms with Gasteiger partial charge >= 0.3 is 0 Å². The van der Waals surface area contributed by atoms with Crippen molar-refractivity contribution in [3.63, 3.8) is 0 Å². The molecular weight excluding hydrogens is 340 g/mol. The number of pyridine rings is 1. The number of halogens is 2. The molecule has 26 heavy (non-hydrogen) atoms. The number of carbonyl (C=O) groups excluding carboxylic acids is 2. The quantitative estimate of drug-likeness (QED) is 0.913. The van der Waals surface area contributed by atoms with Crippen LogP contribution in [0.4, 0.5) is 8.78 Å². The molecule has 0 spiro atoms. The minimum Gasteiger partial charge on any atom is -0.352 e. The van der Waals surface area contributed by atoms with E-state index < -0.39 is 17.5 Å². The number of rotatable bonds is 4. The summed E-state index contributed by atoms with van der Waals surface area (Å²) in [5.41, 5.74) is 1.27. The molecule has 1 atom stereocenters. The van der Waals surface area contributed by atoms with Gasteiger partial charge in [0.05, 0.1) is 17.3 Å². The van der Waals surface area contributed by atoms with Crippen LogP contribution in [0.25, 0.3) is 0 Å². The molecule has 0 saturated carbocycles. The van der Waals surface area contributed by atoms with E-state index in [1.165, 1.54) is 11.8 Å². The molecule has 1 fully saturated rings. The van der Waals surface area contributed by atoms with E-state index in [2.05, 4.69) is 10.3 Å². The van der Waals surface area contributed by atoms with Crippen LogP contribution in [0.2, 0.25) is 0 Å². The van der Waals surface area contributed by atoms with Crippen molar-refractivity contribution in [3.8, 4) is 0 Å². The van der Waals surface area contributed by atoms with Crippen LogP contribution in [0, 0.1) is 11.6 Å². The van der Waals surface area contributed by atoms with Gasteiger partial charge in [0.1, 0.15) is 11.6 Å². The Kier molecular flexibility index (Phi) is 5.25. The molecule has 2 amide bonds. The first-order chi connectivity index (χ1) is 12.5. The van der Waals surface area contributed by atoms with Crippen LogP contribution < -0.4 is 5.32 Å². The van der Waals surface area contributed by atoms with E-state index in [0.717, 1.165) is 30.2 Å². The van der Waals surface area contributed by atoms with Gasteiger partial charge in [-0.2, -0.15) is 0 Å². The minimum absolute atomic E-state index is 0.126. The number of aromatic nitrogens is 1. The van der Waals surface area contributed by atoms with Crippen LogP contribution in [0.5, 0.6) is 0 Å². The van der Waals surface area contributed by atoms with E-state index in [1.54, 1.807) is 12.3 Å². The second kappa shape index (κ2) is 7.59. The van der Waals surface area contributed by atoms with Gasteiger partial charge < -0.3 is 10.2 Å². The monoisotopic (exact) mass is 359 g/mol. The second-order valence-corrected chi connectivity index (χ2v) is 6.28. The van der Waals surface area contributed by atoms with Crippen molar-refractivity contribution < 1.29 is 18.4 Å². The van der Waals surface area contributed by atoms with Gasteiger partial charge in [0, 0.05) is 26.2 Å². The van der Waals surface area contributed by atoms with Gasteiger partial charge in [0.15, 0.2) is 0 Å². The first-order valence-electron chi connectivity index (χ1n) is 8.41. The Hall–Kier alpha value is -2.83. The fraction of sp³-hybridized carbons (Fsp3) is 0.316. The lowest BCUT2D eigenvalue weighted by molar-refractivity contribution is -0.119. The van der Waals surface area contributed by atoms with Gasteiger partial charge in [0.25, 0.3) is 5.91 Å². The zero-order valence-electron chi connectivity index (χ0n) is 14.3. The fourth-order valence-electron chi connectivity index (χ4n) is 3.10. The highest BCUT2D eigenvalue weighted by molar-refractivity contribution is 5.95. The third-order valence-corrected chi connectivity index (χ3v) is 4.40. The van der Waals surface area contributed by atoms with Gasteiger partial charge in [-0.1, -0.05) is 6.07 Å². The Morgan fingerprint density at radius 1 is 1.27 bits per heavy atom. The van der Waals surface area contributed by atoms with Crippen molar-refractivity contribution in [2.45, 2.75) is 32.4 Å². The van der Waals surface area contributed by atoms with Crippen LogP contribution in [-0.2, 0) is 11.3 Å². The first-order valence-corrected chi connectivity index (χ1v) is 8.41. The normalized spacial score (nSPS) is 16.6. The number of likely N-dealkylation sites (tertiary alicyclic amines) is 1. The Morgan fingerprint density at radius 2 is 2.08 bits per heavy atom. The first kappa shape index (κ1) is 18.0. The maximum absolute atomic E-state index is 13.9. The second-order valence-electron chi connectivity index (χ2n) is 6.28. The van der Waals surface area contributed by atoms with Gasteiger partial charge in [-0.25, -0.2) is 8.78 Å². The molecule has 2 aromatic rings. The van der Waals surface area contributed by atoms with Crippen molar-refractivity contribution in [1.82, 2.24) is 15.2 Å². The molecule has 5 nitrogen and oxygen atoms in total. The number of benzene rings is 1. The molecule has 7 heteroatoms. The van der Waals surface area contributed by atoms with Crippen LogP contribution in [-0.4, -0.2) is 28.2 Å². The summed E-state index contributed by atoms with van der Waals surface area (Å²) >= 11 is 0. The number of carbonyl (C=O) groups is 2. The summed E-state index contributed by atoms with van der Waals surface area (Å²) in [5, 5.41) is 2.69. The van der Waals surface area contributed by atoms with Gasteiger partial charge in [-0.05, 0) is 42.7 Å². The smallest absolute Gasteiger partial charge is 0.257 e. The largest absolute Gasteiger partial charge is 0.352 e. The standard InChI is InChI=1S/C19H19F2N3O2/c1-12(25)22-10-13-4-7-17(23-11-13)18-3-2-8-24(18)19(26)15-9-14(20)5-6-16(15)21/h4-7,9,11,18H,2-3,8,10H2,1H3,(H,22,25)/t18-/m1/s1. The SMILES string of the molecule is CC(=O)NCc1ccc([C@H]2CCCN2C(=O)c2cc(F)ccc2F)nc1. The van der Waals surface area contributed by atoms with E-state index in [1.807, 2.05) is 6.07 Å². The summed E-state index contributed by atoms with van der Waals surface area (Å²) in [6, 6.07) is 6.24. The third kappa shape index (κ3) is 3.87. The van der Waals surface area contributed by atoms with Crippen molar-refractivity contribution >= 4 is 11.8 Å². The Balaban J connectivity index is 1.78. The molecule has 0 bridgehead atoms. The molecule has 1 N–H and O–H groups in total. The van der Waals surface area contributed by atoms with E-state index in [4.69, 9.17) is 0 Å². The molecule has 136 valence electrons. The highest BCUT2D eigenvalue weighted by Gasteiger charge is 2.32. The number of nitrogens with one attached hydrogen (secondary N) is 1. The maximum Gasteiger partial charge on any atom is 0.257 e. The minimum atomic E-state index is -0.735. The molecule has 2 heterocycles. The lowest BCUT2D eigenvalue weighted by atomic mass is 10.1. The summed E-state index contributed by atoms with van der Waals surface area (Å²) < 4.78 is 27.4. The van der Waals surface area contributed by atoms with Crippen LogP contribution >= 0.6 is 0 Å². The number of hydrogen-bond donors (Lipinski definition) is 1. The van der Waals surface area contributed by atoms with Crippen molar-refractivity contribution in [2.75, 3.05) is 6.54 Å². The highest BCUT2D eigenvalue weighted by atomic mass is 19.1. The van der Waals surface area contributed by atoms with Crippen LogP contribution in [0.1, 0.15) is 47.4 Å². The predicted octanol–water partition coefficient (Wildman–Crippen LogP) is 2.97. The van der Waals surface area contributed by atoms with E-state index >= 15 is 0 Å². The third-order valence-electron chi connectivity index (χ3n) is 4.40. The summed E-state index contributed by atoms with van der Waals surface area (Å²) in [5.74, 6) is -2.04. The number of hydrogen-bond acceptors (Lipinski definition) is 3. The van der Waals surface area contributed by atoms with Gasteiger partial charge in [0.2, 0.25) is 5.91 Å². The number of amides is 2. The molecule has 1 saturated heterocycles. The van der Waals surface area contributed by atoms with Gasteiger partial charge in [-0.15, -0.1) is 0 Å². The number of nitrogens with zero attached hydrogens (tertiary/aromatic N) is 2. The van der Waals surface area contributed by atoms with Crippen molar-refractivity contribution in [2.24, 2.45) is 0 Å². The van der Waals surface area contributed by atoms with Crippen LogP contribution in [0.15, 0.2) is 36.5 Å². The molecule has 3 rings (SSSR count). The van der Waals surface area contributed by atoms with Crippen molar-refractivity contribution in [1.29, 1.82) is 0 Å². The maximum atomic E-state index is 13.9. The average Bonchev–Trinajstić information content (AvgIpc) is 3.11. The zero-order chi connectivity index (χ0) is 18.7. The molecule has 1 aromatic carbocycles. The Labute approximate surface area is 150 Å². The Morgan fingerprint density at radius 3 is 2.77 bits per heavy atom. The van der Waals surface area contributed by atoms with E-state index in [9.17, 15) is 18.4 Å². The molecule has 1 aromatic heterocycles. The molecule has 1 aliphatic rings.